The molecule has 2 aliphatic heterocycles. The predicted octanol–water partition coefficient (Wildman–Crippen LogP) is 2.39. The Kier molecular flexibility index (Phi) is 6.53. The Balaban J connectivity index is 1.59. The third-order valence-corrected chi connectivity index (χ3v) is 6.30. The van der Waals surface area contributed by atoms with Gasteiger partial charge in [-0.3, -0.25) is 9.59 Å². The number of carbonyl (C=O) groups excluding carboxylic acids is 2. The van der Waals surface area contributed by atoms with Gasteiger partial charge in [-0.1, -0.05) is 18.6 Å². The molecule has 5 nitrogen and oxygen atoms in total. The van der Waals surface area contributed by atoms with Crippen LogP contribution in [-0.2, 0) is 9.59 Å². The molecule has 1 N–H and O–H groups in total. The first-order chi connectivity index (χ1) is 12.6. The fourth-order valence-electron chi connectivity index (χ4n) is 3.65. The summed E-state index contributed by atoms with van der Waals surface area (Å²) in [5.41, 5.74) is 0.716. The molecule has 0 bridgehead atoms. The van der Waals surface area contributed by atoms with E-state index in [9.17, 15) is 14.0 Å². The van der Waals surface area contributed by atoms with Gasteiger partial charge in [-0.05, 0) is 43.6 Å². The number of thioether (sulfide) groups is 1. The topological polar surface area (TPSA) is 52.7 Å². The van der Waals surface area contributed by atoms with E-state index in [4.69, 9.17) is 0 Å². The molecule has 7 heteroatoms. The van der Waals surface area contributed by atoms with E-state index in [1.54, 1.807) is 17.0 Å². The van der Waals surface area contributed by atoms with Crippen LogP contribution in [0.15, 0.2) is 24.3 Å². The SMILES string of the molecule is CC(=O)N1C(C(=O)NCCN2CCCCC2)CSC1c1cccc(F)c1. The Bertz CT molecular complexity index is 651. The van der Waals surface area contributed by atoms with Crippen LogP contribution in [0.25, 0.3) is 0 Å². The lowest BCUT2D eigenvalue weighted by atomic mass is 10.1. The highest BCUT2D eigenvalue weighted by molar-refractivity contribution is 7.99. The van der Waals surface area contributed by atoms with E-state index in [1.165, 1.54) is 50.1 Å². The summed E-state index contributed by atoms with van der Waals surface area (Å²) >= 11 is 1.51. The Labute approximate surface area is 158 Å². The van der Waals surface area contributed by atoms with E-state index in [-0.39, 0.29) is 23.0 Å². The number of amides is 2. The molecule has 2 heterocycles. The van der Waals surface area contributed by atoms with Crippen molar-refractivity contribution in [2.24, 2.45) is 0 Å². The average Bonchev–Trinajstić information content (AvgIpc) is 3.08. The van der Waals surface area contributed by atoms with Crippen LogP contribution in [0, 0.1) is 5.82 Å². The van der Waals surface area contributed by atoms with E-state index in [0.29, 0.717) is 17.9 Å². The zero-order chi connectivity index (χ0) is 18.5. The lowest BCUT2D eigenvalue weighted by Crippen LogP contribution is -2.48. The Morgan fingerprint density at radius 1 is 1.27 bits per heavy atom. The van der Waals surface area contributed by atoms with Crippen molar-refractivity contribution in [3.05, 3.63) is 35.6 Å². The smallest absolute Gasteiger partial charge is 0.243 e. The number of hydrogen-bond donors (Lipinski definition) is 1. The molecular weight excluding hydrogens is 353 g/mol. The number of carbonyl (C=O) groups is 2. The molecule has 0 aliphatic carbocycles. The van der Waals surface area contributed by atoms with Gasteiger partial charge in [-0.15, -0.1) is 11.8 Å². The molecule has 0 spiro atoms. The van der Waals surface area contributed by atoms with Crippen molar-refractivity contribution in [2.75, 3.05) is 31.9 Å². The number of rotatable bonds is 5. The molecule has 2 saturated heterocycles. The molecule has 2 fully saturated rings. The zero-order valence-corrected chi connectivity index (χ0v) is 15.9. The highest BCUT2D eigenvalue weighted by atomic mass is 32.2. The first-order valence-corrected chi connectivity index (χ1v) is 10.3. The van der Waals surface area contributed by atoms with Gasteiger partial charge in [0.1, 0.15) is 17.2 Å². The minimum Gasteiger partial charge on any atom is -0.353 e. The van der Waals surface area contributed by atoms with Gasteiger partial charge < -0.3 is 15.1 Å². The van der Waals surface area contributed by atoms with Crippen molar-refractivity contribution in [1.29, 1.82) is 0 Å². The summed E-state index contributed by atoms with van der Waals surface area (Å²) in [6.07, 6.45) is 3.73. The summed E-state index contributed by atoms with van der Waals surface area (Å²) in [6, 6.07) is 5.74. The predicted molar refractivity (Wildman–Crippen MR) is 101 cm³/mol. The Hall–Kier alpha value is -1.60. The van der Waals surface area contributed by atoms with E-state index in [1.807, 2.05) is 0 Å². The third kappa shape index (κ3) is 4.57. The Morgan fingerprint density at radius 2 is 2.04 bits per heavy atom. The van der Waals surface area contributed by atoms with Crippen LogP contribution in [0.2, 0.25) is 0 Å². The quantitative estimate of drug-likeness (QED) is 0.854. The molecule has 2 atom stereocenters. The molecule has 2 unspecified atom stereocenters. The molecule has 1 aromatic carbocycles. The van der Waals surface area contributed by atoms with Gasteiger partial charge in [-0.25, -0.2) is 4.39 Å². The van der Waals surface area contributed by atoms with Gasteiger partial charge in [-0.2, -0.15) is 0 Å². The molecule has 0 radical (unpaired) electrons. The van der Waals surface area contributed by atoms with Crippen LogP contribution in [0.5, 0.6) is 0 Å². The molecule has 1 aromatic rings. The first-order valence-electron chi connectivity index (χ1n) is 9.22. The van der Waals surface area contributed by atoms with Gasteiger partial charge in [0, 0.05) is 25.8 Å². The van der Waals surface area contributed by atoms with Crippen LogP contribution in [0.1, 0.15) is 37.1 Å². The van der Waals surface area contributed by atoms with E-state index >= 15 is 0 Å². The number of halogens is 1. The molecule has 3 rings (SSSR count). The summed E-state index contributed by atoms with van der Waals surface area (Å²) in [5.74, 6) is -0.0962. The molecule has 2 aliphatic rings. The highest BCUT2D eigenvalue weighted by Crippen LogP contribution is 2.41. The van der Waals surface area contributed by atoms with Crippen molar-refractivity contribution >= 4 is 23.6 Å². The van der Waals surface area contributed by atoms with E-state index < -0.39 is 6.04 Å². The second-order valence-electron chi connectivity index (χ2n) is 6.88. The minimum atomic E-state index is -0.507. The number of likely N-dealkylation sites (tertiary alicyclic amines) is 1. The summed E-state index contributed by atoms with van der Waals surface area (Å²) in [5, 5.41) is 2.66. The maximum Gasteiger partial charge on any atom is 0.243 e. The highest BCUT2D eigenvalue weighted by Gasteiger charge is 2.40. The van der Waals surface area contributed by atoms with Gasteiger partial charge >= 0.3 is 0 Å². The monoisotopic (exact) mass is 379 g/mol. The molecular formula is C19H26FN3O2S. The normalized spacial score (nSPS) is 23.8. The second kappa shape index (κ2) is 8.86. The second-order valence-corrected chi connectivity index (χ2v) is 7.99. The lowest BCUT2D eigenvalue weighted by Gasteiger charge is -2.29. The van der Waals surface area contributed by atoms with Crippen LogP contribution in [-0.4, -0.2) is 59.6 Å². The molecule has 2 amide bonds. The molecule has 0 aromatic heterocycles. The van der Waals surface area contributed by atoms with Crippen LogP contribution in [0.3, 0.4) is 0 Å². The van der Waals surface area contributed by atoms with Crippen molar-refractivity contribution in [1.82, 2.24) is 15.1 Å². The maximum atomic E-state index is 13.6. The van der Waals surface area contributed by atoms with Crippen LogP contribution >= 0.6 is 11.8 Å². The third-order valence-electron chi connectivity index (χ3n) is 4.98. The summed E-state index contributed by atoms with van der Waals surface area (Å²) in [4.78, 5) is 28.8. The van der Waals surface area contributed by atoms with Crippen LogP contribution < -0.4 is 5.32 Å². The van der Waals surface area contributed by atoms with Gasteiger partial charge in [0.15, 0.2) is 0 Å². The average molecular weight is 380 g/mol. The minimum absolute atomic E-state index is 0.122. The largest absolute Gasteiger partial charge is 0.353 e. The zero-order valence-electron chi connectivity index (χ0n) is 15.1. The van der Waals surface area contributed by atoms with Crippen molar-refractivity contribution in [3.63, 3.8) is 0 Å². The lowest BCUT2D eigenvalue weighted by molar-refractivity contribution is -0.138. The summed E-state index contributed by atoms with van der Waals surface area (Å²) < 4.78 is 13.6. The maximum absolute atomic E-state index is 13.6. The number of nitrogens with one attached hydrogen (secondary N) is 1. The number of hydrogen-bond acceptors (Lipinski definition) is 4. The van der Waals surface area contributed by atoms with Gasteiger partial charge in [0.2, 0.25) is 11.8 Å². The number of nitrogens with zero attached hydrogens (tertiary/aromatic N) is 2. The number of benzene rings is 1. The molecule has 26 heavy (non-hydrogen) atoms. The van der Waals surface area contributed by atoms with Crippen LogP contribution in [0.4, 0.5) is 4.39 Å². The fourth-order valence-corrected chi connectivity index (χ4v) is 5.12. The summed E-state index contributed by atoms with van der Waals surface area (Å²) in [7, 11) is 0. The van der Waals surface area contributed by atoms with Gasteiger partial charge in [0.05, 0.1) is 0 Å². The summed E-state index contributed by atoms with van der Waals surface area (Å²) in [6.45, 7) is 5.09. The standard InChI is InChI=1S/C19H26FN3O2S/c1-14(24)23-17(13-26-19(23)15-6-5-7-16(20)12-15)18(25)21-8-11-22-9-3-2-4-10-22/h5-7,12,17,19H,2-4,8-11,13H2,1H3,(H,21,25). The van der Waals surface area contributed by atoms with E-state index in [0.717, 1.165) is 19.6 Å². The Morgan fingerprint density at radius 3 is 2.73 bits per heavy atom. The van der Waals surface area contributed by atoms with Crippen molar-refractivity contribution < 1.29 is 14.0 Å². The van der Waals surface area contributed by atoms with Crippen molar-refractivity contribution in [2.45, 2.75) is 37.6 Å². The number of piperidine rings is 1. The molecule has 0 saturated carbocycles. The van der Waals surface area contributed by atoms with Crippen molar-refractivity contribution in [3.8, 4) is 0 Å². The fraction of sp³-hybridized carbons (Fsp3) is 0.579. The van der Waals surface area contributed by atoms with Gasteiger partial charge in [0.25, 0.3) is 0 Å². The van der Waals surface area contributed by atoms with E-state index in [2.05, 4.69) is 10.2 Å². The molecule has 142 valence electrons. The first kappa shape index (κ1) is 19.2.